The Morgan fingerprint density at radius 3 is 2.33 bits per heavy atom. The molecule has 0 amide bonds. The summed E-state index contributed by atoms with van der Waals surface area (Å²) in [6, 6.07) is 0.373. The fourth-order valence-corrected chi connectivity index (χ4v) is 1.94. The molecule has 0 saturated heterocycles. The van der Waals surface area contributed by atoms with Gasteiger partial charge in [0, 0.05) is 19.6 Å². The maximum Gasteiger partial charge on any atom is 0.307 e. The molecule has 21 heavy (non-hydrogen) atoms. The first kappa shape index (κ1) is 19.7. The molecule has 0 aromatic rings. The molecule has 0 heterocycles. The van der Waals surface area contributed by atoms with Crippen LogP contribution in [-0.4, -0.2) is 37.7 Å². The van der Waals surface area contributed by atoms with E-state index in [9.17, 15) is 4.79 Å². The third-order valence-electron chi connectivity index (χ3n) is 3.01. The number of carbonyl (C=O) groups excluding carboxylic acids is 1. The third-order valence-corrected chi connectivity index (χ3v) is 3.01. The molecule has 0 rings (SSSR count). The van der Waals surface area contributed by atoms with E-state index in [1.54, 1.807) is 7.05 Å². The standard InChI is InChI=1S/C16H33N3O2/c1-12(2)8-7-9-14(5)19-16(17-6)18-11-10-15(20)21-13(3)4/h12-14H,7-11H2,1-6H3,(H2,17,18,19). The Morgan fingerprint density at radius 1 is 1.14 bits per heavy atom. The molecule has 124 valence electrons. The van der Waals surface area contributed by atoms with E-state index in [1.165, 1.54) is 12.8 Å². The van der Waals surface area contributed by atoms with Crippen LogP contribution in [0.25, 0.3) is 0 Å². The van der Waals surface area contributed by atoms with E-state index in [0.29, 0.717) is 19.0 Å². The number of hydrogen-bond donors (Lipinski definition) is 2. The molecule has 0 aromatic heterocycles. The number of carbonyl (C=O) groups is 1. The number of aliphatic imine (C=N–C) groups is 1. The van der Waals surface area contributed by atoms with Crippen LogP contribution in [0.5, 0.6) is 0 Å². The second-order valence-corrected chi connectivity index (χ2v) is 6.16. The van der Waals surface area contributed by atoms with Crippen molar-refractivity contribution in [2.75, 3.05) is 13.6 Å². The Morgan fingerprint density at radius 2 is 1.81 bits per heavy atom. The van der Waals surface area contributed by atoms with Crippen LogP contribution in [0.4, 0.5) is 0 Å². The molecule has 0 spiro atoms. The van der Waals surface area contributed by atoms with Gasteiger partial charge in [0.25, 0.3) is 0 Å². The first-order valence-electron chi connectivity index (χ1n) is 8.01. The normalized spacial score (nSPS) is 13.4. The lowest BCUT2D eigenvalue weighted by Crippen LogP contribution is -2.43. The van der Waals surface area contributed by atoms with Crippen LogP contribution in [0.15, 0.2) is 4.99 Å². The maximum atomic E-state index is 11.4. The van der Waals surface area contributed by atoms with Crippen LogP contribution in [0.1, 0.15) is 60.3 Å². The smallest absolute Gasteiger partial charge is 0.307 e. The van der Waals surface area contributed by atoms with Gasteiger partial charge in [0.1, 0.15) is 0 Å². The van der Waals surface area contributed by atoms with E-state index in [-0.39, 0.29) is 12.1 Å². The van der Waals surface area contributed by atoms with Crippen LogP contribution >= 0.6 is 0 Å². The molecule has 0 aliphatic carbocycles. The van der Waals surface area contributed by atoms with Crippen LogP contribution in [0.2, 0.25) is 0 Å². The summed E-state index contributed by atoms with van der Waals surface area (Å²) in [6.07, 6.45) is 3.87. The minimum Gasteiger partial charge on any atom is -0.463 e. The van der Waals surface area contributed by atoms with Crippen molar-refractivity contribution in [3.8, 4) is 0 Å². The lowest BCUT2D eigenvalue weighted by molar-refractivity contribution is -0.147. The monoisotopic (exact) mass is 299 g/mol. The van der Waals surface area contributed by atoms with Crippen molar-refractivity contribution in [1.29, 1.82) is 0 Å². The summed E-state index contributed by atoms with van der Waals surface area (Å²) in [5.41, 5.74) is 0. The fourth-order valence-electron chi connectivity index (χ4n) is 1.94. The van der Waals surface area contributed by atoms with Gasteiger partial charge in [-0.2, -0.15) is 0 Å². The largest absolute Gasteiger partial charge is 0.463 e. The SMILES string of the molecule is CN=C(NCCC(=O)OC(C)C)NC(C)CCCC(C)C. The summed E-state index contributed by atoms with van der Waals surface area (Å²) in [4.78, 5) is 15.6. The Balaban J connectivity index is 3.87. The Labute approximate surface area is 129 Å². The number of nitrogens with zero attached hydrogens (tertiary/aromatic N) is 1. The van der Waals surface area contributed by atoms with Crippen molar-refractivity contribution in [2.45, 2.75) is 72.4 Å². The quantitative estimate of drug-likeness (QED) is 0.390. The number of esters is 1. The van der Waals surface area contributed by atoms with E-state index in [2.05, 4.69) is 36.4 Å². The second-order valence-electron chi connectivity index (χ2n) is 6.16. The van der Waals surface area contributed by atoms with Crippen molar-refractivity contribution in [3.05, 3.63) is 0 Å². The van der Waals surface area contributed by atoms with E-state index in [4.69, 9.17) is 4.74 Å². The van der Waals surface area contributed by atoms with Gasteiger partial charge in [-0.25, -0.2) is 0 Å². The van der Waals surface area contributed by atoms with Gasteiger partial charge in [-0.3, -0.25) is 9.79 Å². The van der Waals surface area contributed by atoms with Crippen LogP contribution in [0.3, 0.4) is 0 Å². The van der Waals surface area contributed by atoms with Crippen molar-refractivity contribution in [2.24, 2.45) is 10.9 Å². The summed E-state index contributed by atoms with van der Waals surface area (Å²) in [5, 5.41) is 6.48. The van der Waals surface area contributed by atoms with Gasteiger partial charge in [0.2, 0.25) is 0 Å². The number of ether oxygens (including phenoxy) is 1. The molecule has 0 radical (unpaired) electrons. The molecule has 0 fully saturated rings. The number of hydrogen-bond acceptors (Lipinski definition) is 3. The average Bonchev–Trinajstić information content (AvgIpc) is 2.36. The van der Waals surface area contributed by atoms with Crippen LogP contribution < -0.4 is 10.6 Å². The van der Waals surface area contributed by atoms with Gasteiger partial charge in [-0.05, 0) is 33.1 Å². The van der Waals surface area contributed by atoms with E-state index in [0.717, 1.165) is 18.3 Å². The molecule has 0 aliphatic rings. The lowest BCUT2D eigenvalue weighted by atomic mass is 10.0. The summed E-state index contributed by atoms with van der Waals surface area (Å²) in [6.45, 7) is 10.9. The second kappa shape index (κ2) is 11.4. The molecule has 0 aromatic carbocycles. The van der Waals surface area contributed by atoms with Crippen molar-refractivity contribution in [3.63, 3.8) is 0 Å². The van der Waals surface area contributed by atoms with E-state index >= 15 is 0 Å². The summed E-state index contributed by atoms with van der Waals surface area (Å²) in [5.74, 6) is 1.31. The van der Waals surface area contributed by atoms with Crippen molar-refractivity contribution in [1.82, 2.24) is 10.6 Å². The zero-order chi connectivity index (χ0) is 16.3. The fraction of sp³-hybridized carbons (Fsp3) is 0.875. The molecule has 5 heteroatoms. The molecule has 0 bridgehead atoms. The zero-order valence-electron chi connectivity index (χ0n) is 14.5. The van der Waals surface area contributed by atoms with Gasteiger partial charge in [0.05, 0.1) is 12.5 Å². The Bertz CT molecular complexity index is 315. The Kier molecular flexibility index (Phi) is 10.7. The first-order valence-corrected chi connectivity index (χ1v) is 8.01. The predicted octanol–water partition coefficient (Wildman–Crippen LogP) is 2.71. The number of guanidine groups is 1. The van der Waals surface area contributed by atoms with Gasteiger partial charge < -0.3 is 15.4 Å². The highest BCUT2D eigenvalue weighted by Gasteiger charge is 2.08. The third kappa shape index (κ3) is 12.2. The predicted molar refractivity (Wildman–Crippen MR) is 88.5 cm³/mol. The average molecular weight is 299 g/mol. The van der Waals surface area contributed by atoms with Gasteiger partial charge in [0.15, 0.2) is 5.96 Å². The van der Waals surface area contributed by atoms with Crippen molar-refractivity contribution < 1.29 is 9.53 Å². The van der Waals surface area contributed by atoms with E-state index < -0.39 is 0 Å². The molecular weight excluding hydrogens is 266 g/mol. The highest BCUT2D eigenvalue weighted by atomic mass is 16.5. The number of nitrogens with one attached hydrogen (secondary N) is 2. The van der Waals surface area contributed by atoms with Gasteiger partial charge in [-0.15, -0.1) is 0 Å². The number of rotatable bonds is 9. The highest BCUT2D eigenvalue weighted by molar-refractivity contribution is 5.80. The Hall–Kier alpha value is -1.26. The molecule has 2 N–H and O–H groups in total. The zero-order valence-corrected chi connectivity index (χ0v) is 14.5. The van der Waals surface area contributed by atoms with Gasteiger partial charge >= 0.3 is 5.97 Å². The minimum atomic E-state index is -0.182. The summed E-state index contributed by atoms with van der Waals surface area (Å²) in [7, 11) is 1.74. The minimum absolute atomic E-state index is 0.0593. The molecule has 1 atom stereocenters. The first-order chi connectivity index (χ1) is 9.85. The maximum absolute atomic E-state index is 11.4. The summed E-state index contributed by atoms with van der Waals surface area (Å²) < 4.78 is 5.08. The topological polar surface area (TPSA) is 62.7 Å². The summed E-state index contributed by atoms with van der Waals surface area (Å²) >= 11 is 0. The molecule has 1 unspecified atom stereocenters. The molecule has 0 saturated carbocycles. The van der Waals surface area contributed by atoms with Crippen LogP contribution in [0, 0.1) is 5.92 Å². The lowest BCUT2D eigenvalue weighted by Gasteiger charge is -2.18. The molecule has 0 aliphatic heterocycles. The van der Waals surface area contributed by atoms with Gasteiger partial charge in [-0.1, -0.05) is 26.7 Å². The van der Waals surface area contributed by atoms with Crippen LogP contribution in [-0.2, 0) is 9.53 Å². The highest BCUT2D eigenvalue weighted by Crippen LogP contribution is 2.08. The van der Waals surface area contributed by atoms with Crippen molar-refractivity contribution >= 4 is 11.9 Å². The molecule has 5 nitrogen and oxygen atoms in total. The van der Waals surface area contributed by atoms with E-state index in [1.807, 2.05) is 13.8 Å². The molecular formula is C16H33N3O2.